The van der Waals surface area contributed by atoms with Crippen LogP contribution in [0.15, 0.2) is 6.33 Å². The quantitative estimate of drug-likeness (QED) is 0.766. The van der Waals surface area contributed by atoms with Gasteiger partial charge in [0.05, 0.1) is 24.3 Å². The first-order chi connectivity index (χ1) is 10.1. The minimum atomic E-state index is -0.998. The van der Waals surface area contributed by atoms with Crippen molar-refractivity contribution >= 4 is 12.0 Å². The predicted octanol–water partition coefficient (Wildman–Crippen LogP) is 1.51. The normalized spacial score (nSPS) is 19.0. The number of fused-ring (bicyclic) bond motifs is 1. The number of imidazole rings is 1. The Morgan fingerprint density at radius 1 is 1.57 bits per heavy atom. The van der Waals surface area contributed by atoms with Crippen LogP contribution in [0.1, 0.15) is 44.5 Å². The Balaban J connectivity index is 2.12. The number of hydrogen-bond donors (Lipinski definition) is 3. The van der Waals surface area contributed by atoms with Gasteiger partial charge in [-0.3, -0.25) is 0 Å². The molecule has 0 fully saturated rings. The topological polar surface area (TPSA) is 98.3 Å². The number of urea groups is 1. The van der Waals surface area contributed by atoms with Gasteiger partial charge in [-0.2, -0.15) is 0 Å². The molecule has 2 unspecified atom stereocenters. The van der Waals surface area contributed by atoms with E-state index >= 15 is 0 Å². The molecule has 2 rings (SSSR count). The van der Waals surface area contributed by atoms with Crippen LogP contribution in [0.2, 0.25) is 0 Å². The summed E-state index contributed by atoms with van der Waals surface area (Å²) in [6.07, 6.45) is 4.48. The number of rotatable bonds is 5. The van der Waals surface area contributed by atoms with Gasteiger partial charge in [0.15, 0.2) is 0 Å². The van der Waals surface area contributed by atoms with Crippen molar-refractivity contribution in [2.24, 2.45) is 0 Å². The molecule has 1 aliphatic heterocycles. The van der Waals surface area contributed by atoms with Crippen molar-refractivity contribution in [3.05, 3.63) is 17.7 Å². The Hall–Kier alpha value is -2.05. The minimum Gasteiger partial charge on any atom is -0.480 e. The van der Waals surface area contributed by atoms with E-state index in [1.165, 1.54) is 11.2 Å². The van der Waals surface area contributed by atoms with Crippen LogP contribution >= 0.6 is 0 Å². The van der Waals surface area contributed by atoms with E-state index in [0.29, 0.717) is 0 Å². The molecule has 21 heavy (non-hydrogen) atoms. The summed E-state index contributed by atoms with van der Waals surface area (Å²) < 4.78 is 0. The molecule has 1 aromatic heterocycles. The van der Waals surface area contributed by atoms with Gasteiger partial charge in [-0.25, -0.2) is 14.6 Å². The molecule has 0 spiro atoms. The summed E-state index contributed by atoms with van der Waals surface area (Å²) in [4.78, 5) is 32.3. The standard InChI is InChI=1S/C14H22N4O3/c1-3-5-9(4-2)17-14(21)18-7-11-10(15-8-16-11)6-12(18)13(19)20/h8-9,12H,3-7H2,1-2H3,(H,15,16)(H,17,21)(H,19,20). The van der Waals surface area contributed by atoms with E-state index in [9.17, 15) is 14.7 Å². The van der Waals surface area contributed by atoms with Gasteiger partial charge in [-0.05, 0) is 12.8 Å². The highest BCUT2D eigenvalue weighted by Gasteiger charge is 2.36. The molecule has 0 radical (unpaired) electrons. The highest BCUT2D eigenvalue weighted by atomic mass is 16.4. The number of carbonyl (C=O) groups excluding carboxylic acids is 1. The number of aromatic amines is 1. The van der Waals surface area contributed by atoms with Crippen LogP contribution in [-0.4, -0.2) is 44.1 Å². The third-order valence-corrected chi connectivity index (χ3v) is 3.90. The molecule has 0 bridgehead atoms. The smallest absolute Gasteiger partial charge is 0.326 e. The molecule has 1 aromatic rings. The number of nitrogens with zero attached hydrogens (tertiary/aromatic N) is 2. The lowest BCUT2D eigenvalue weighted by molar-refractivity contribution is -0.142. The van der Waals surface area contributed by atoms with Gasteiger partial charge < -0.3 is 20.3 Å². The Kier molecular flexibility index (Phi) is 4.82. The van der Waals surface area contributed by atoms with Crippen molar-refractivity contribution in [3.63, 3.8) is 0 Å². The molecular formula is C14H22N4O3. The zero-order chi connectivity index (χ0) is 15.4. The fourth-order valence-electron chi connectivity index (χ4n) is 2.65. The maximum Gasteiger partial charge on any atom is 0.326 e. The molecular weight excluding hydrogens is 272 g/mol. The third-order valence-electron chi connectivity index (χ3n) is 3.90. The average molecular weight is 294 g/mol. The van der Waals surface area contributed by atoms with Crippen molar-refractivity contribution in [1.82, 2.24) is 20.2 Å². The second kappa shape index (κ2) is 6.60. The van der Waals surface area contributed by atoms with Gasteiger partial charge in [-0.1, -0.05) is 20.3 Å². The fraction of sp³-hybridized carbons (Fsp3) is 0.643. The predicted molar refractivity (Wildman–Crippen MR) is 76.8 cm³/mol. The third kappa shape index (κ3) is 3.34. The van der Waals surface area contributed by atoms with E-state index in [-0.39, 0.29) is 25.0 Å². The SMILES string of the molecule is CCCC(CC)NC(=O)N1Cc2[nH]cnc2CC1C(=O)O. The number of nitrogens with one attached hydrogen (secondary N) is 2. The van der Waals surface area contributed by atoms with Crippen molar-refractivity contribution in [2.75, 3.05) is 0 Å². The van der Waals surface area contributed by atoms with Crippen LogP contribution in [0, 0.1) is 0 Å². The highest BCUT2D eigenvalue weighted by molar-refractivity contribution is 5.83. The Bertz CT molecular complexity index is 514. The number of hydrogen-bond acceptors (Lipinski definition) is 3. The van der Waals surface area contributed by atoms with Crippen LogP contribution in [0.4, 0.5) is 4.79 Å². The van der Waals surface area contributed by atoms with Crippen LogP contribution in [0.3, 0.4) is 0 Å². The molecule has 0 aliphatic carbocycles. The van der Waals surface area contributed by atoms with Crippen molar-refractivity contribution in [3.8, 4) is 0 Å². The van der Waals surface area contributed by atoms with E-state index in [0.717, 1.165) is 30.7 Å². The number of carboxylic acids is 1. The first kappa shape index (κ1) is 15.3. The maximum absolute atomic E-state index is 12.4. The average Bonchev–Trinajstić information content (AvgIpc) is 2.92. The Morgan fingerprint density at radius 3 is 2.95 bits per heavy atom. The number of carboxylic acid groups (broad SMARTS) is 1. The molecule has 0 aromatic carbocycles. The molecule has 7 nitrogen and oxygen atoms in total. The number of aliphatic carboxylic acids is 1. The molecule has 2 atom stereocenters. The van der Waals surface area contributed by atoms with Crippen molar-refractivity contribution < 1.29 is 14.7 Å². The van der Waals surface area contributed by atoms with Gasteiger partial charge in [0.2, 0.25) is 0 Å². The Morgan fingerprint density at radius 2 is 2.33 bits per heavy atom. The van der Waals surface area contributed by atoms with E-state index in [1.54, 1.807) is 0 Å². The fourth-order valence-corrected chi connectivity index (χ4v) is 2.65. The number of amides is 2. The van der Waals surface area contributed by atoms with Gasteiger partial charge in [0, 0.05) is 12.5 Å². The summed E-state index contributed by atoms with van der Waals surface area (Å²) in [5.74, 6) is -0.998. The summed E-state index contributed by atoms with van der Waals surface area (Å²) in [5, 5.41) is 12.3. The van der Waals surface area contributed by atoms with Crippen LogP contribution in [0.25, 0.3) is 0 Å². The molecule has 116 valence electrons. The van der Waals surface area contributed by atoms with Gasteiger partial charge in [-0.15, -0.1) is 0 Å². The number of H-pyrrole nitrogens is 1. The molecule has 7 heteroatoms. The second-order valence-corrected chi connectivity index (χ2v) is 5.36. The molecule has 0 saturated carbocycles. The second-order valence-electron chi connectivity index (χ2n) is 5.36. The lowest BCUT2D eigenvalue weighted by atomic mass is 10.0. The van der Waals surface area contributed by atoms with E-state index in [4.69, 9.17) is 0 Å². The van der Waals surface area contributed by atoms with E-state index in [2.05, 4.69) is 22.2 Å². The number of carbonyl (C=O) groups is 2. The first-order valence-corrected chi connectivity index (χ1v) is 7.37. The van der Waals surface area contributed by atoms with Crippen molar-refractivity contribution in [2.45, 2.75) is 58.2 Å². The molecule has 0 saturated heterocycles. The first-order valence-electron chi connectivity index (χ1n) is 7.37. The zero-order valence-electron chi connectivity index (χ0n) is 12.4. The largest absolute Gasteiger partial charge is 0.480 e. The van der Waals surface area contributed by atoms with E-state index < -0.39 is 12.0 Å². The van der Waals surface area contributed by atoms with Crippen LogP contribution < -0.4 is 5.32 Å². The highest BCUT2D eigenvalue weighted by Crippen LogP contribution is 2.21. The van der Waals surface area contributed by atoms with Crippen LogP contribution in [0.5, 0.6) is 0 Å². The lowest BCUT2D eigenvalue weighted by Gasteiger charge is -2.33. The summed E-state index contributed by atoms with van der Waals surface area (Å²) in [6, 6.07) is -1.09. The Labute approximate surface area is 123 Å². The lowest BCUT2D eigenvalue weighted by Crippen LogP contribution is -2.54. The minimum absolute atomic E-state index is 0.0834. The molecule has 1 aliphatic rings. The monoisotopic (exact) mass is 294 g/mol. The molecule has 2 heterocycles. The number of aromatic nitrogens is 2. The van der Waals surface area contributed by atoms with Gasteiger partial charge >= 0.3 is 12.0 Å². The summed E-state index contributed by atoms with van der Waals surface area (Å²) in [6.45, 7) is 4.33. The zero-order valence-corrected chi connectivity index (χ0v) is 12.4. The maximum atomic E-state index is 12.4. The van der Waals surface area contributed by atoms with Gasteiger partial charge in [0.1, 0.15) is 6.04 Å². The summed E-state index contributed by atoms with van der Waals surface area (Å²) in [5.41, 5.74) is 1.54. The molecule has 3 N–H and O–H groups in total. The summed E-state index contributed by atoms with van der Waals surface area (Å²) >= 11 is 0. The van der Waals surface area contributed by atoms with E-state index in [1.807, 2.05) is 6.92 Å². The summed E-state index contributed by atoms with van der Waals surface area (Å²) in [7, 11) is 0. The van der Waals surface area contributed by atoms with Crippen LogP contribution in [-0.2, 0) is 17.8 Å². The molecule has 2 amide bonds. The van der Waals surface area contributed by atoms with Gasteiger partial charge in [0.25, 0.3) is 0 Å². The van der Waals surface area contributed by atoms with Crippen molar-refractivity contribution in [1.29, 1.82) is 0 Å².